The molecule has 160 valence electrons. The number of hydrogen-bond acceptors (Lipinski definition) is 6. The summed E-state index contributed by atoms with van der Waals surface area (Å²) < 4.78 is 45.4. The number of rotatable bonds is 6. The quantitative estimate of drug-likeness (QED) is 0.452. The Hall–Kier alpha value is -3.33. The van der Waals surface area contributed by atoms with Crippen LogP contribution in [0.3, 0.4) is 0 Å². The third-order valence-electron chi connectivity index (χ3n) is 5.01. The van der Waals surface area contributed by atoms with Gasteiger partial charge in [0.15, 0.2) is 15.5 Å². The van der Waals surface area contributed by atoms with Crippen LogP contribution >= 0.6 is 0 Å². The molecule has 0 aliphatic carbocycles. The molecule has 0 fully saturated rings. The first-order valence-electron chi connectivity index (χ1n) is 9.62. The molecule has 9 heteroatoms. The fourth-order valence-corrected chi connectivity index (χ4v) is 4.35. The van der Waals surface area contributed by atoms with E-state index in [9.17, 15) is 12.8 Å². The Bertz CT molecular complexity index is 1380. The van der Waals surface area contributed by atoms with Gasteiger partial charge in [0.25, 0.3) is 0 Å². The molecule has 0 radical (unpaired) electrons. The lowest BCUT2D eigenvalue weighted by Gasteiger charge is -2.13. The van der Waals surface area contributed by atoms with E-state index in [4.69, 9.17) is 4.74 Å². The van der Waals surface area contributed by atoms with E-state index in [1.54, 1.807) is 42.9 Å². The summed E-state index contributed by atoms with van der Waals surface area (Å²) in [6, 6.07) is 9.73. The molecule has 2 aromatic carbocycles. The second-order valence-electron chi connectivity index (χ2n) is 7.26. The molecule has 0 spiro atoms. The summed E-state index contributed by atoms with van der Waals surface area (Å²) >= 11 is 0. The second-order valence-corrected chi connectivity index (χ2v) is 9.40. The molecule has 31 heavy (non-hydrogen) atoms. The molecule has 0 N–H and O–H groups in total. The standard InChI is InChI=1S/C22H21FN4O3S/c1-4-27-13-24-21-18(11-25-26-22(21)27)15-6-8-19(23)17(10-15)16-7-5-14(9-20(16)30-2)12-31(3,28)29/h5-11,13H,4,12H2,1-3H3. The van der Waals surface area contributed by atoms with Gasteiger partial charge >= 0.3 is 0 Å². The lowest BCUT2D eigenvalue weighted by atomic mass is 9.97. The Morgan fingerprint density at radius 3 is 2.61 bits per heavy atom. The topological polar surface area (TPSA) is 87.0 Å². The van der Waals surface area contributed by atoms with Crippen molar-refractivity contribution in [2.24, 2.45) is 0 Å². The number of hydrogen-bond donors (Lipinski definition) is 0. The minimum atomic E-state index is -3.20. The van der Waals surface area contributed by atoms with E-state index in [0.29, 0.717) is 40.1 Å². The van der Waals surface area contributed by atoms with Crippen LogP contribution in [0.15, 0.2) is 48.9 Å². The van der Waals surface area contributed by atoms with E-state index in [2.05, 4.69) is 15.2 Å². The Balaban J connectivity index is 1.84. The first kappa shape index (κ1) is 20.9. The fraction of sp³-hybridized carbons (Fsp3) is 0.227. The third-order valence-corrected chi connectivity index (χ3v) is 5.87. The largest absolute Gasteiger partial charge is 0.496 e. The Morgan fingerprint density at radius 1 is 1.10 bits per heavy atom. The lowest BCUT2D eigenvalue weighted by molar-refractivity contribution is 0.416. The van der Waals surface area contributed by atoms with Gasteiger partial charge in [0, 0.05) is 29.5 Å². The summed E-state index contributed by atoms with van der Waals surface area (Å²) in [4.78, 5) is 4.46. The molecular formula is C22H21FN4O3S. The SMILES string of the molecule is CCn1cnc2c(-c3ccc(F)c(-c4ccc(CS(C)(=O)=O)cc4OC)c3)cnnc21. The monoisotopic (exact) mass is 440 g/mol. The van der Waals surface area contributed by atoms with Crippen LogP contribution in [0.5, 0.6) is 5.75 Å². The number of fused-ring (bicyclic) bond motifs is 1. The van der Waals surface area contributed by atoms with Crippen molar-refractivity contribution in [3.05, 3.63) is 60.3 Å². The summed E-state index contributed by atoms with van der Waals surface area (Å²) in [7, 11) is -1.73. The van der Waals surface area contributed by atoms with E-state index in [1.165, 1.54) is 19.4 Å². The van der Waals surface area contributed by atoms with E-state index < -0.39 is 15.7 Å². The smallest absolute Gasteiger partial charge is 0.183 e. The number of nitrogens with zero attached hydrogens (tertiary/aromatic N) is 4. The van der Waals surface area contributed by atoms with Gasteiger partial charge in [-0.1, -0.05) is 18.2 Å². The van der Waals surface area contributed by atoms with Crippen molar-refractivity contribution in [2.75, 3.05) is 13.4 Å². The van der Waals surface area contributed by atoms with Crippen LogP contribution in [0, 0.1) is 5.82 Å². The van der Waals surface area contributed by atoms with Gasteiger partial charge < -0.3 is 9.30 Å². The molecule has 0 aliphatic rings. The summed E-state index contributed by atoms with van der Waals surface area (Å²) in [5, 5.41) is 8.26. The first-order chi connectivity index (χ1) is 14.8. The van der Waals surface area contributed by atoms with Crippen molar-refractivity contribution in [2.45, 2.75) is 19.2 Å². The number of benzene rings is 2. The van der Waals surface area contributed by atoms with Crippen LogP contribution in [0.2, 0.25) is 0 Å². The molecular weight excluding hydrogens is 419 g/mol. The van der Waals surface area contributed by atoms with Gasteiger partial charge in [0.1, 0.15) is 17.1 Å². The van der Waals surface area contributed by atoms with E-state index in [0.717, 1.165) is 11.1 Å². The molecule has 0 unspecified atom stereocenters. The molecule has 0 saturated carbocycles. The number of imidazole rings is 1. The highest BCUT2D eigenvalue weighted by atomic mass is 32.2. The number of halogens is 1. The zero-order valence-electron chi connectivity index (χ0n) is 17.3. The number of sulfone groups is 1. The summed E-state index contributed by atoms with van der Waals surface area (Å²) in [5.41, 5.74) is 4.26. The molecule has 0 saturated heterocycles. The summed E-state index contributed by atoms with van der Waals surface area (Å²) in [6.45, 7) is 2.70. The van der Waals surface area contributed by atoms with Crippen molar-refractivity contribution >= 4 is 21.0 Å². The van der Waals surface area contributed by atoms with Crippen LogP contribution < -0.4 is 4.74 Å². The van der Waals surface area contributed by atoms with Gasteiger partial charge in [-0.2, -0.15) is 5.10 Å². The molecule has 0 amide bonds. The van der Waals surface area contributed by atoms with Gasteiger partial charge in [0.05, 0.1) is 25.4 Å². The maximum absolute atomic E-state index is 14.8. The fourth-order valence-electron chi connectivity index (χ4n) is 3.57. The van der Waals surface area contributed by atoms with E-state index >= 15 is 0 Å². The molecule has 2 heterocycles. The third kappa shape index (κ3) is 4.13. The van der Waals surface area contributed by atoms with Gasteiger partial charge in [-0.05, 0) is 36.2 Å². The van der Waals surface area contributed by atoms with Crippen LogP contribution in [0.4, 0.5) is 4.39 Å². The molecule has 2 aromatic heterocycles. The van der Waals surface area contributed by atoms with Crippen LogP contribution in [0.1, 0.15) is 12.5 Å². The maximum atomic E-state index is 14.8. The number of aryl methyl sites for hydroxylation is 1. The van der Waals surface area contributed by atoms with Crippen molar-refractivity contribution in [3.8, 4) is 28.0 Å². The zero-order valence-corrected chi connectivity index (χ0v) is 18.1. The van der Waals surface area contributed by atoms with Crippen LogP contribution in [0.25, 0.3) is 33.4 Å². The second kappa shape index (κ2) is 8.07. The highest BCUT2D eigenvalue weighted by Gasteiger charge is 2.17. The molecule has 7 nitrogen and oxygen atoms in total. The molecule has 0 atom stereocenters. The van der Waals surface area contributed by atoms with E-state index in [1.807, 2.05) is 11.5 Å². The van der Waals surface area contributed by atoms with Crippen LogP contribution in [-0.4, -0.2) is 41.5 Å². The van der Waals surface area contributed by atoms with Crippen molar-refractivity contribution in [1.82, 2.24) is 19.7 Å². The van der Waals surface area contributed by atoms with Gasteiger partial charge in [-0.3, -0.25) is 0 Å². The lowest BCUT2D eigenvalue weighted by Crippen LogP contribution is -2.01. The first-order valence-corrected chi connectivity index (χ1v) is 11.7. The Labute approximate surface area is 179 Å². The number of aromatic nitrogens is 4. The average molecular weight is 441 g/mol. The zero-order chi connectivity index (χ0) is 22.2. The van der Waals surface area contributed by atoms with Gasteiger partial charge in [0.2, 0.25) is 0 Å². The minimum absolute atomic E-state index is 0.118. The predicted molar refractivity (Wildman–Crippen MR) is 117 cm³/mol. The van der Waals surface area contributed by atoms with Crippen molar-refractivity contribution in [3.63, 3.8) is 0 Å². The van der Waals surface area contributed by atoms with Crippen molar-refractivity contribution in [1.29, 1.82) is 0 Å². The van der Waals surface area contributed by atoms with Gasteiger partial charge in [-0.25, -0.2) is 17.8 Å². The molecule has 0 bridgehead atoms. The predicted octanol–water partition coefficient (Wildman–Crippen LogP) is 3.87. The Morgan fingerprint density at radius 2 is 1.90 bits per heavy atom. The molecule has 0 aliphatic heterocycles. The molecule has 4 aromatic rings. The highest BCUT2D eigenvalue weighted by Crippen LogP contribution is 2.36. The average Bonchev–Trinajstić information content (AvgIpc) is 3.16. The maximum Gasteiger partial charge on any atom is 0.183 e. The van der Waals surface area contributed by atoms with Crippen LogP contribution in [-0.2, 0) is 22.1 Å². The number of ether oxygens (including phenoxy) is 1. The highest BCUT2D eigenvalue weighted by molar-refractivity contribution is 7.89. The summed E-state index contributed by atoms with van der Waals surface area (Å²) in [6.07, 6.45) is 4.48. The summed E-state index contributed by atoms with van der Waals surface area (Å²) in [5.74, 6) is -0.145. The Kier molecular flexibility index (Phi) is 5.45. The van der Waals surface area contributed by atoms with Gasteiger partial charge in [-0.15, -0.1) is 5.10 Å². The number of methoxy groups -OCH3 is 1. The van der Waals surface area contributed by atoms with E-state index in [-0.39, 0.29) is 5.75 Å². The minimum Gasteiger partial charge on any atom is -0.496 e. The van der Waals surface area contributed by atoms with Crippen molar-refractivity contribution < 1.29 is 17.5 Å². The normalized spacial score (nSPS) is 11.7. The molecule has 4 rings (SSSR count).